The third kappa shape index (κ3) is 2.70. The Balaban J connectivity index is 1.99. The van der Waals surface area contributed by atoms with E-state index in [9.17, 15) is 0 Å². The summed E-state index contributed by atoms with van der Waals surface area (Å²) < 4.78 is 5.02. The van der Waals surface area contributed by atoms with Gasteiger partial charge in [0.2, 0.25) is 5.88 Å². The molecular weight excluding hydrogens is 202 g/mol. The Morgan fingerprint density at radius 3 is 2.75 bits per heavy atom. The smallest absolute Gasteiger partial charge is 0.218 e. The molecule has 0 atom stereocenters. The number of hydrogen-bond acceptors (Lipinski definition) is 4. The van der Waals surface area contributed by atoms with Gasteiger partial charge in [-0.25, -0.2) is 9.97 Å². The second-order valence-electron chi connectivity index (χ2n) is 3.28. The number of nitrogens with one attached hydrogen (secondary N) is 1. The Morgan fingerprint density at radius 1 is 1.19 bits per heavy atom. The van der Waals surface area contributed by atoms with Crippen LogP contribution in [-0.4, -0.2) is 17.1 Å². The molecule has 4 heteroatoms. The van der Waals surface area contributed by atoms with Crippen LogP contribution in [-0.2, 0) is 6.54 Å². The summed E-state index contributed by atoms with van der Waals surface area (Å²) >= 11 is 0. The molecule has 1 heterocycles. The summed E-state index contributed by atoms with van der Waals surface area (Å²) in [6.07, 6.45) is 1.48. The van der Waals surface area contributed by atoms with Crippen molar-refractivity contribution >= 4 is 5.82 Å². The molecule has 0 fully saturated rings. The van der Waals surface area contributed by atoms with Gasteiger partial charge in [0, 0.05) is 12.6 Å². The van der Waals surface area contributed by atoms with E-state index < -0.39 is 0 Å². The maximum atomic E-state index is 5.02. The van der Waals surface area contributed by atoms with E-state index in [2.05, 4.69) is 27.4 Å². The van der Waals surface area contributed by atoms with Gasteiger partial charge in [0.25, 0.3) is 0 Å². The lowest BCUT2D eigenvalue weighted by atomic mass is 10.2. The molecule has 4 nitrogen and oxygen atoms in total. The van der Waals surface area contributed by atoms with Crippen LogP contribution in [0.25, 0.3) is 0 Å². The summed E-state index contributed by atoms with van der Waals surface area (Å²) in [4.78, 5) is 8.04. The van der Waals surface area contributed by atoms with Crippen molar-refractivity contribution in [2.45, 2.75) is 6.54 Å². The van der Waals surface area contributed by atoms with Crippen LogP contribution in [0.15, 0.2) is 42.7 Å². The first-order valence-corrected chi connectivity index (χ1v) is 5.02. The lowest BCUT2D eigenvalue weighted by Crippen LogP contribution is -2.01. The molecule has 0 unspecified atom stereocenters. The molecule has 0 saturated heterocycles. The molecule has 1 aromatic carbocycles. The van der Waals surface area contributed by atoms with E-state index in [1.165, 1.54) is 11.9 Å². The molecule has 0 bridgehead atoms. The van der Waals surface area contributed by atoms with Crippen LogP contribution in [0.3, 0.4) is 0 Å². The number of nitrogens with zero attached hydrogens (tertiary/aromatic N) is 2. The quantitative estimate of drug-likeness (QED) is 0.848. The van der Waals surface area contributed by atoms with Gasteiger partial charge in [-0.1, -0.05) is 30.3 Å². The fraction of sp³-hybridized carbons (Fsp3) is 0.167. The number of hydrogen-bond donors (Lipinski definition) is 1. The predicted molar refractivity (Wildman–Crippen MR) is 62.4 cm³/mol. The maximum Gasteiger partial charge on any atom is 0.218 e. The number of benzene rings is 1. The van der Waals surface area contributed by atoms with Crippen molar-refractivity contribution in [1.82, 2.24) is 9.97 Å². The van der Waals surface area contributed by atoms with Gasteiger partial charge in [0.1, 0.15) is 12.1 Å². The van der Waals surface area contributed by atoms with Crippen molar-refractivity contribution < 1.29 is 4.74 Å². The minimum absolute atomic E-state index is 0.561. The van der Waals surface area contributed by atoms with Gasteiger partial charge in [0.05, 0.1) is 7.11 Å². The summed E-state index contributed by atoms with van der Waals surface area (Å²) in [6, 6.07) is 11.9. The molecule has 82 valence electrons. The van der Waals surface area contributed by atoms with Crippen LogP contribution in [0.2, 0.25) is 0 Å². The summed E-state index contributed by atoms with van der Waals surface area (Å²) in [6.45, 7) is 0.737. The minimum Gasteiger partial charge on any atom is -0.481 e. The number of aromatic nitrogens is 2. The van der Waals surface area contributed by atoms with E-state index >= 15 is 0 Å². The summed E-state index contributed by atoms with van der Waals surface area (Å²) in [7, 11) is 1.59. The van der Waals surface area contributed by atoms with Crippen molar-refractivity contribution in [3.8, 4) is 5.88 Å². The topological polar surface area (TPSA) is 47.0 Å². The Kier molecular flexibility index (Phi) is 3.33. The largest absolute Gasteiger partial charge is 0.481 e. The highest BCUT2D eigenvalue weighted by Gasteiger charge is 1.97. The zero-order chi connectivity index (χ0) is 11.2. The maximum absolute atomic E-state index is 5.02. The Bertz CT molecular complexity index is 445. The zero-order valence-electron chi connectivity index (χ0n) is 9.05. The normalized spacial score (nSPS) is 9.81. The highest BCUT2D eigenvalue weighted by atomic mass is 16.5. The second kappa shape index (κ2) is 5.11. The highest BCUT2D eigenvalue weighted by molar-refractivity contribution is 5.37. The highest BCUT2D eigenvalue weighted by Crippen LogP contribution is 2.11. The molecule has 0 spiro atoms. The van der Waals surface area contributed by atoms with Crippen LogP contribution in [0.5, 0.6) is 5.88 Å². The van der Waals surface area contributed by atoms with Crippen molar-refractivity contribution in [2.24, 2.45) is 0 Å². The molecule has 0 amide bonds. The van der Waals surface area contributed by atoms with Crippen LogP contribution in [0.4, 0.5) is 5.82 Å². The number of anilines is 1. The average molecular weight is 215 g/mol. The van der Waals surface area contributed by atoms with Crippen molar-refractivity contribution in [2.75, 3.05) is 12.4 Å². The molecule has 0 aliphatic rings. The van der Waals surface area contributed by atoms with Gasteiger partial charge in [-0.2, -0.15) is 0 Å². The van der Waals surface area contributed by atoms with Gasteiger partial charge < -0.3 is 10.1 Å². The first-order valence-electron chi connectivity index (χ1n) is 5.02. The van der Waals surface area contributed by atoms with E-state index in [1.54, 1.807) is 13.2 Å². The van der Waals surface area contributed by atoms with Crippen LogP contribution < -0.4 is 10.1 Å². The van der Waals surface area contributed by atoms with E-state index in [1.807, 2.05) is 18.2 Å². The molecule has 0 radical (unpaired) electrons. The predicted octanol–water partition coefficient (Wildman–Crippen LogP) is 2.10. The van der Waals surface area contributed by atoms with E-state index in [-0.39, 0.29) is 0 Å². The van der Waals surface area contributed by atoms with Gasteiger partial charge in [-0.05, 0) is 5.56 Å². The van der Waals surface area contributed by atoms with Crippen molar-refractivity contribution in [3.63, 3.8) is 0 Å². The standard InChI is InChI=1S/C12H13N3O/c1-16-12-7-11(14-9-15-12)13-8-10-5-3-2-4-6-10/h2-7,9H,8H2,1H3,(H,13,14,15). The minimum atomic E-state index is 0.561. The summed E-state index contributed by atoms with van der Waals surface area (Å²) in [5, 5.41) is 3.20. The van der Waals surface area contributed by atoms with Crippen molar-refractivity contribution in [1.29, 1.82) is 0 Å². The average Bonchev–Trinajstić information content (AvgIpc) is 2.38. The number of methoxy groups -OCH3 is 1. The molecule has 0 aliphatic heterocycles. The first-order chi connectivity index (χ1) is 7.88. The number of ether oxygens (including phenoxy) is 1. The third-order valence-electron chi connectivity index (χ3n) is 2.17. The molecule has 2 rings (SSSR count). The van der Waals surface area contributed by atoms with E-state index in [4.69, 9.17) is 4.74 Å². The SMILES string of the molecule is COc1cc(NCc2ccccc2)ncn1. The lowest BCUT2D eigenvalue weighted by molar-refractivity contribution is 0.397. The van der Waals surface area contributed by atoms with Crippen LogP contribution in [0, 0.1) is 0 Å². The fourth-order valence-electron chi connectivity index (χ4n) is 1.34. The molecule has 1 N–H and O–H groups in total. The van der Waals surface area contributed by atoms with Crippen LogP contribution in [0.1, 0.15) is 5.56 Å². The van der Waals surface area contributed by atoms with E-state index in [0.717, 1.165) is 12.4 Å². The van der Waals surface area contributed by atoms with Crippen molar-refractivity contribution in [3.05, 3.63) is 48.3 Å². The Hall–Kier alpha value is -2.10. The first kappa shape index (κ1) is 10.4. The molecule has 0 saturated carbocycles. The molecular formula is C12H13N3O. The van der Waals surface area contributed by atoms with Gasteiger partial charge in [-0.15, -0.1) is 0 Å². The summed E-state index contributed by atoms with van der Waals surface area (Å²) in [5.41, 5.74) is 1.21. The van der Waals surface area contributed by atoms with Gasteiger partial charge >= 0.3 is 0 Å². The molecule has 1 aromatic heterocycles. The van der Waals surface area contributed by atoms with Crippen LogP contribution >= 0.6 is 0 Å². The second-order valence-corrected chi connectivity index (χ2v) is 3.28. The Labute approximate surface area is 94.3 Å². The summed E-state index contributed by atoms with van der Waals surface area (Å²) in [5.74, 6) is 1.32. The molecule has 2 aromatic rings. The number of rotatable bonds is 4. The van der Waals surface area contributed by atoms with E-state index in [0.29, 0.717) is 5.88 Å². The zero-order valence-corrected chi connectivity index (χ0v) is 9.05. The Morgan fingerprint density at radius 2 is 2.00 bits per heavy atom. The molecule has 0 aliphatic carbocycles. The lowest BCUT2D eigenvalue weighted by Gasteiger charge is -2.06. The third-order valence-corrected chi connectivity index (χ3v) is 2.17. The fourth-order valence-corrected chi connectivity index (χ4v) is 1.34. The molecule has 16 heavy (non-hydrogen) atoms. The van der Waals surface area contributed by atoms with Gasteiger partial charge in [-0.3, -0.25) is 0 Å². The monoisotopic (exact) mass is 215 g/mol. The van der Waals surface area contributed by atoms with Gasteiger partial charge in [0.15, 0.2) is 0 Å².